The largest absolute Gasteiger partial charge is 0.401 e. The molecule has 1 saturated heterocycles. The maximum Gasteiger partial charge on any atom is 0.401 e. The number of alkyl halides is 3. The van der Waals surface area contributed by atoms with Gasteiger partial charge in [0.1, 0.15) is 0 Å². The van der Waals surface area contributed by atoms with E-state index in [-0.39, 0.29) is 6.04 Å². The molecule has 1 atom stereocenters. The van der Waals surface area contributed by atoms with Crippen LogP contribution in [0.3, 0.4) is 0 Å². The average molecular weight is 286 g/mol. The first-order chi connectivity index (χ1) is 9.46. The molecule has 112 valence electrons. The number of hydrogen-bond donors (Lipinski definition) is 1. The van der Waals surface area contributed by atoms with Crippen LogP contribution in [0, 0.1) is 0 Å². The average Bonchev–Trinajstić information content (AvgIpc) is 2.75. The molecule has 20 heavy (non-hydrogen) atoms. The first kappa shape index (κ1) is 15.2. The highest BCUT2D eigenvalue weighted by molar-refractivity contribution is 5.46. The van der Waals surface area contributed by atoms with E-state index in [1.54, 1.807) is 0 Å². The fourth-order valence-electron chi connectivity index (χ4n) is 2.69. The van der Waals surface area contributed by atoms with Gasteiger partial charge >= 0.3 is 6.18 Å². The Morgan fingerprint density at radius 3 is 2.85 bits per heavy atom. The van der Waals surface area contributed by atoms with Crippen LogP contribution in [0.2, 0.25) is 0 Å². The zero-order valence-corrected chi connectivity index (χ0v) is 11.7. The van der Waals surface area contributed by atoms with Crippen LogP contribution in [-0.2, 0) is 6.42 Å². The van der Waals surface area contributed by atoms with Crippen molar-refractivity contribution in [2.45, 2.75) is 38.4 Å². The summed E-state index contributed by atoms with van der Waals surface area (Å²) >= 11 is 0. The number of anilines is 1. The fraction of sp³-hybridized carbons (Fsp3) is 0.600. The van der Waals surface area contributed by atoms with Crippen LogP contribution in [-0.4, -0.2) is 36.8 Å². The highest BCUT2D eigenvalue weighted by atomic mass is 19.4. The number of nitrogens with one attached hydrogen (secondary N) is 1. The fourth-order valence-corrected chi connectivity index (χ4v) is 2.69. The Balaban J connectivity index is 1.87. The summed E-state index contributed by atoms with van der Waals surface area (Å²) in [6.45, 7) is 2.29. The summed E-state index contributed by atoms with van der Waals surface area (Å²) < 4.78 is 37.0. The van der Waals surface area contributed by atoms with Gasteiger partial charge < -0.3 is 5.32 Å². The summed E-state index contributed by atoms with van der Waals surface area (Å²) in [5.41, 5.74) is 2.28. The minimum absolute atomic E-state index is 0.106. The van der Waals surface area contributed by atoms with E-state index in [2.05, 4.69) is 24.4 Å². The number of halogens is 3. The molecular formula is C15H21F3N2. The van der Waals surface area contributed by atoms with Crippen LogP contribution in [0.25, 0.3) is 0 Å². The molecule has 5 heteroatoms. The van der Waals surface area contributed by atoms with E-state index < -0.39 is 12.7 Å². The Hall–Kier alpha value is -1.23. The van der Waals surface area contributed by atoms with Crippen molar-refractivity contribution in [3.05, 3.63) is 29.8 Å². The number of nitrogens with zero attached hydrogens (tertiary/aromatic N) is 1. The van der Waals surface area contributed by atoms with Gasteiger partial charge in [0, 0.05) is 24.8 Å². The van der Waals surface area contributed by atoms with Gasteiger partial charge in [0.05, 0.1) is 6.54 Å². The SMILES string of the molecule is CCCc1cccc(NC2CCN(CC(F)(F)F)C2)c1. The number of rotatable bonds is 5. The van der Waals surface area contributed by atoms with Crippen molar-refractivity contribution in [2.75, 3.05) is 25.0 Å². The third-order valence-electron chi connectivity index (χ3n) is 3.51. The van der Waals surface area contributed by atoms with Crippen molar-refractivity contribution in [2.24, 2.45) is 0 Å². The normalized spacial score (nSPS) is 20.3. The molecule has 1 aromatic carbocycles. The monoisotopic (exact) mass is 286 g/mol. The lowest BCUT2D eigenvalue weighted by atomic mass is 10.1. The molecule has 0 bridgehead atoms. The summed E-state index contributed by atoms with van der Waals surface area (Å²) in [6.07, 6.45) is -1.23. The van der Waals surface area contributed by atoms with Gasteiger partial charge in [0.25, 0.3) is 0 Å². The maximum atomic E-state index is 12.3. The molecule has 1 unspecified atom stereocenters. The molecule has 1 aliphatic heterocycles. The number of aryl methyl sites for hydroxylation is 1. The molecule has 2 rings (SSSR count). The molecule has 0 amide bonds. The van der Waals surface area contributed by atoms with Crippen LogP contribution in [0.15, 0.2) is 24.3 Å². The molecule has 1 fully saturated rings. The smallest absolute Gasteiger partial charge is 0.381 e. The van der Waals surface area contributed by atoms with Crippen LogP contribution in [0.4, 0.5) is 18.9 Å². The summed E-state index contributed by atoms with van der Waals surface area (Å²) in [7, 11) is 0. The second-order valence-electron chi connectivity index (χ2n) is 5.43. The molecule has 2 nitrogen and oxygen atoms in total. The molecular weight excluding hydrogens is 265 g/mol. The lowest BCUT2D eigenvalue weighted by Crippen LogP contribution is -2.34. The molecule has 1 N–H and O–H groups in total. The maximum absolute atomic E-state index is 12.3. The number of hydrogen-bond acceptors (Lipinski definition) is 2. The number of likely N-dealkylation sites (tertiary alicyclic amines) is 1. The standard InChI is InChI=1S/C15H21F3N2/c1-2-4-12-5-3-6-13(9-12)19-14-7-8-20(10-14)11-15(16,17)18/h3,5-6,9,14,19H,2,4,7-8,10-11H2,1H3. The van der Waals surface area contributed by atoms with E-state index >= 15 is 0 Å². The van der Waals surface area contributed by atoms with Gasteiger partial charge in [-0.3, -0.25) is 4.90 Å². The van der Waals surface area contributed by atoms with Crippen molar-refractivity contribution in [1.29, 1.82) is 0 Å². The zero-order chi connectivity index (χ0) is 14.6. The van der Waals surface area contributed by atoms with Gasteiger partial charge in [-0.2, -0.15) is 13.2 Å². The predicted octanol–water partition coefficient (Wildman–Crippen LogP) is 3.69. The minimum atomic E-state index is -4.10. The van der Waals surface area contributed by atoms with Gasteiger partial charge in [-0.1, -0.05) is 25.5 Å². The lowest BCUT2D eigenvalue weighted by molar-refractivity contribution is -0.143. The lowest BCUT2D eigenvalue weighted by Gasteiger charge is -2.19. The Morgan fingerprint density at radius 2 is 2.15 bits per heavy atom. The van der Waals surface area contributed by atoms with Crippen molar-refractivity contribution >= 4 is 5.69 Å². The van der Waals surface area contributed by atoms with Crippen LogP contribution >= 0.6 is 0 Å². The number of benzene rings is 1. The summed E-state index contributed by atoms with van der Waals surface area (Å²) in [4.78, 5) is 1.47. The highest BCUT2D eigenvalue weighted by Crippen LogP contribution is 2.22. The van der Waals surface area contributed by atoms with Crippen molar-refractivity contribution in [3.63, 3.8) is 0 Å². The van der Waals surface area contributed by atoms with E-state index in [9.17, 15) is 13.2 Å². The quantitative estimate of drug-likeness (QED) is 0.888. The van der Waals surface area contributed by atoms with Gasteiger partial charge in [-0.15, -0.1) is 0 Å². The Kier molecular flexibility index (Phi) is 4.91. The summed E-state index contributed by atoms with van der Waals surface area (Å²) in [6, 6.07) is 8.26. The van der Waals surface area contributed by atoms with Gasteiger partial charge in [-0.05, 0) is 30.5 Å². The second-order valence-corrected chi connectivity index (χ2v) is 5.43. The Morgan fingerprint density at radius 1 is 1.35 bits per heavy atom. The Labute approximate surface area is 118 Å². The summed E-state index contributed by atoms with van der Waals surface area (Å²) in [5, 5.41) is 3.35. The van der Waals surface area contributed by atoms with Crippen molar-refractivity contribution in [1.82, 2.24) is 4.90 Å². The minimum Gasteiger partial charge on any atom is -0.381 e. The van der Waals surface area contributed by atoms with Crippen molar-refractivity contribution in [3.8, 4) is 0 Å². The molecule has 1 aromatic rings. The highest BCUT2D eigenvalue weighted by Gasteiger charge is 2.34. The van der Waals surface area contributed by atoms with Crippen LogP contribution in [0.5, 0.6) is 0 Å². The molecule has 1 aliphatic rings. The van der Waals surface area contributed by atoms with E-state index in [1.807, 2.05) is 12.1 Å². The first-order valence-corrected chi connectivity index (χ1v) is 7.11. The predicted molar refractivity (Wildman–Crippen MR) is 75.0 cm³/mol. The van der Waals surface area contributed by atoms with E-state index in [0.29, 0.717) is 13.1 Å². The molecule has 0 radical (unpaired) electrons. The van der Waals surface area contributed by atoms with E-state index in [1.165, 1.54) is 10.5 Å². The summed E-state index contributed by atoms with van der Waals surface area (Å²) in [5.74, 6) is 0. The third kappa shape index (κ3) is 4.71. The van der Waals surface area contributed by atoms with Gasteiger partial charge in [0.2, 0.25) is 0 Å². The molecule has 0 aliphatic carbocycles. The van der Waals surface area contributed by atoms with Crippen molar-refractivity contribution < 1.29 is 13.2 Å². The van der Waals surface area contributed by atoms with E-state index in [0.717, 1.165) is 24.9 Å². The molecule has 0 saturated carbocycles. The topological polar surface area (TPSA) is 15.3 Å². The Bertz CT molecular complexity index is 431. The molecule has 0 spiro atoms. The third-order valence-corrected chi connectivity index (χ3v) is 3.51. The molecule has 0 aromatic heterocycles. The second kappa shape index (κ2) is 6.48. The van der Waals surface area contributed by atoms with Gasteiger partial charge in [0.15, 0.2) is 0 Å². The van der Waals surface area contributed by atoms with E-state index in [4.69, 9.17) is 0 Å². The zero-order valence-electron chi connectivity index (χ0n) is 11.7. The van der Waals surface area contributed by atoms with Gasteiger partial charge in [-0.25, -0.2) is 0 Å². The first-order valence-electron chi connectivity index (χ1n) is 7.11. The molecule has 1 heterocycles. The van der Waals surface area contributed by atoms with Crippen LogP contribution in [0.1, 0.15) is 25.3 Å². The van der Waals surface area contributed by atoms with Crippen LogP contribution < -0.4 is 5.32 Å².